The Morgan fingerprint density at radius 1 is 1.14 bits per heavy atom. The summed E-state index contributed by atoms with van der Waals surface area (Å²) in [6.45, 7) is 1.29. The van der Waals surface area contributed by atoms with Crippen molar-refractivity contribution in [3.63, 3.8) is 0 Å². The van der Waals surface area contributed by atoms with Crippen molar-refractivity contribution in [2.45, 2.75) is 24.9 Å². The van der Waals surface area contributed by atoms with Gasteiger partial charge in [0.1, 0.15) is 12.0 Å². The summed E-state index contributed by atoms with van der Waals surface area (Å²) in [6.07, 6.45) is 1.16. The number of phenolic OH excluding ortho intramolecular Hbond substituents is 1. The van der Waals surface area contributed by atoms with Crippen LogP contribution in [0.3, 0.4) is 0 Å². The Labute approximate surface area is 195 Å². The highest BCUT2D eigenvalue weighted by atomic mass is 19.4. The second-order valence-electron chi connectivity index (χ2n) is 8.24. The van der Waals surface area contributed by atoms with Gasteiger partial charge < -0.3 is 10.0 Å². The van der Waals surface area contributed by atoms with Crippen molar-refractivity contribution in [3.05, 3.63) is 53.7 Å². The number of aromatic hydroxyl groups is 1. The fourth-order valence-electron chi connectivity index (χ4n) is 4.32. The number of anilines is 1. The molecule has 1 saturated heterocycles. The number of aromatic nitrogens is 6. The molecule has 13 heteroatoms. The predicted molar refractivity (Wildman–Crippen MR) is 115 cm³/mol. The van der Waals surface area contributed by atoms with E-state index in [0.29, 0.717) is 19.0 Å². The Balaban J connectivity index is 1.54. The van der Waals surface area contributed by atoms with Gasteiger partial charge in [-0.15, -0.1) is 0 Å². The topological polar surface area (TPSA) is 92.8 Å². The van der Waals surface area contributed by atoms with Crippen LogP contribution in [0, 0.1) is 11.6 Å². The van der Waals surface area contributed by atoms with Crippen LogP contribution < -0.4 is 4.90 Å². The van der Waals surface area contributed by atoms with Crippen LogP contribution in [-0.2, 0) is 13.2 Å². The van der Waals surface area contributed by atoms with Gasteiger partial charge in [0.2, 0.25) is 5.95 Å². The van der Waals surface area contributed by atoms with Crippen LogP contribution in [0.1, 0.15) is 30.0 Å². The lowest BCUT2D eigenvalue weighted by atomic mass is 9.95. The van der Waals surface area contributed by atoms with E-state index in [1.54, 1.807) is 6.20 Å². The molecule has 4 aromatic rings. The van der Waals surface area contributed by atoms with E-state index in [1.165, 1.54) is 24.3 Å². The number of benzene rings is 1. The second kappa shape index (κ2) is 8.40. The fourth-order valence-corrected chi connectivity index (χ4v) is 4.32. The van der Waals surface area contributed by atoms with E-state index in [2.05, 4.69) is 25.0 Å². The lowest BCUT2D eigenvalue weighted by Gasteiger charge is -2.32. The van der Waals surface area contributed by atoms with E-state index < -0.39 is 34.7 Å². The average molecular weight is 491 g/mol. The van der Waals surface area contributed by atoms with Gasteiger partial charge in [-0.05, 0) is 25.0 Å². The van der Waals surface area contributed by atoms with Gasteiger partial charge in [-0.2, -0.15) is 23.3 Å². The minimum Gasteiger partial charge on any atom is -0.503 e. The van der Waals surface area contributed by atoms with E-state index in [-0.39, 0.29) is 28.7 Å². The summed E-state index contributed by atoms with van der Waals surface area (Å²) in [4.78, 5) is 19.1. The molecule has 0 aliphatic carbocycles. The molecule has 1 atom stereocenters. The first kappa shape index (κ1) is 22.9. The molecule has 0 bridgehead atoms. The predicted octanol–water partition coefficient (Wildman–Crippen LogP) is 4.21. The van der Waals surface area contributed by atoms with Crippen molar-refractivity contribution in [2.24, 2.45) is 7.05 Å². The molecule has 4 heterocycles. The number of alkyl halides is 3. The molecule has 5 rings (SSSR count). The van der Waals surface area contributed by atoms with Crippen molar-refractivity contribution >= 4 is 17.0 Å². The molecular weight excluding hydrogens is 473 g/mol. The highest BCUT2D eigenvalue weighted by Gasteiger charge is 2.38. The summed E-state index contributed by atoms with van der Waals surface area (Å²) in [5.41, 5.74) is -1.61. The van der Waals surface area contributed by atoms with Crippen LogP contribution in [0.2, 0.25) is 0 Å². The van der Waals surface area contributed by atoms with Crippen LogP contribution in [0.25, 0.3) is 22.3 Å². The average Bonchev–Trinajstić information content (AvgIpc) is 3.18. The van der Waals surface area contributed by atoms with Crippen LogP contribution in [0.5, 0.6) is 5.75 Å². The number of piperidine rings is 1. The Bertz CT molecular complexity index is 1410. The van der Waals surface area contributed by atoms with Gasteiger partial charge in [0.25, 0.3) is 0 Å². The summed E-state index contributed by atoms with van der Waals surface area (Å²) >= 11 is 0. The van der Waals surface area contributed by atoms with Crippen molar-refractivity contribution in [2.75, 3.05) is 18.0 Å². The maximum Gasteiger partial charge on any atom is 0.419 e. The highest BCUT2D eigenvalue weighted by Crippen LogP contribution is 2.41. The molecule has 1 aliphatic heterocycles. The van der Waals surface area contributed by atoms with E-state index in [9.17, 15) is 27.1 Å². The molecule has 3 aromatic heterocycles. The molecular formula is C22H18F5N7O. The highest BCUT2D eigenvalue weighted by molar-refractivity contribution is 5.91. The monoisotopic (exact) mass is 491 g/mol. The third kappa shape index (κ3) is 4.00. The lowest BCUT2D eigenvalue weighted by molar-refractivity contribution is -0.140. The molecule has 1 aliphatic rings. The molecule has 0 amide bonds. The summed E-state index contributed by atoms with van der Waals surface area (Å²) in [5.74, 6) is -4.84. The van der Waals surface area contributed by atoms with Gasteiger partial charge in [-0.25, -0.2) is 28.4 Å². The molecule has 1 N–H and O–H groups in total. The number of fused-ring (bicyclic) bond motifs is 1. The number of hydrogen-bond donors (Lipinski definition) is 1. The number of nitrogens with zero attached hydrogens (tertiary/aromatic N) is 7. The van der Waals surface area contributed by atoms with Gasteiger partial charge in [0, 0.05) is 49.7 Å². The molecule has 0 radical (unpaired) electrons. The van der Waals surface area contributed by atoms with Crippen molar-refractivity contribution in [1.29, 1.82) is 0 Å². The Kier molecular flexibility index (Phi) is 5.49. The zero-order valence-electron chi connectivity index (χ0n) is 18.3. The van der Waals surface area contributed by atoms with Gasteiger partial charge in [-0.1, -0.05) is 0 Å². The molecule has 1 fully saturated rings. The van der Waals surface area contributed by atoms with Gasteiger partial charge in [0.05, 0.1) is 10.9 Å². The van der Waals surface area contributed by atoms with E-state index in [4.69, 9.17) is 0 Å². The van der Waals surface area contributed by atoms with Crippen LogP contribution in [-0.4, -0.2) is 47.9 Å². The fraction of sp³-hybridized carbons (Fsp3) is 0.318. The van der Waals surface area contributed by atoms with Crippen molar-refractivity contribution in [3.8, 4) is 17.0 Å². The van der Waals surface area contributed by atoms with Crippen molar-refractivity contribution < 1.29 is 27.1 Å². The summed E-state index contributed by atoms with van der Waals surface area (Å²) in [6, 6.07) is 2.14. The standard InChI is InChI=1S/C22H18F5N7O/c1-33-20-13(18(32-33)12-7-14(22(25,26)27)17(24)19(35)16(12)23)8-29-21(31-20)34-6-2-3-11(9-34)15-4-5-28-10-30-15/h4-5,7-8,10-11,35H,2-3,6,9H2,1H3. The summed E-state index contributed by atoms with van der Waals surface area (Å²) < 4.78 is 69.6. The van der Waals surface area contributed by atoms with Crippen LogP contribution >= 0.6 is 0 Å². The zero-order valence-corrected chi connectivity index (χ0v) is 18.3. The van der Waals surface area contributed by atoms with Crippen LogP contribution in [0.4, 0.5) is 27.9 Å². The number of aryl methyl sites for hydroxylation is 1. The number of hydrogen-bond acceptors (Lipinski definition) is 7. The Morgan fingerprint density at radius 3 is 2.66 bits per heavy atom. The molecule has 35 heavy (non-hydrogen) atoms. The third-order valence-corrected chi connectivity index (χ3v) is 6.03. The lowest BCUT2D eigenvalue weighted by Crippen LogP contribution is -2.35. The summed E-state index contributed by atoms with van der Waals surface area (Å²) in [5, 5.41) is 13.9. The van der Waals surface area contributed by atoms with E-state index in [0.717, 1.165) is 18.5 Å². The molecule has 1 unspecified atom stereocenters. The first-order valence-corrected chi connectivity index (χ1v) is 10.6. The number of phenols is 1. The first-order valence-electron chi connectivity index (χ1n) is 10.6. The largest absolute Gasteiger partial charge is 0.503 e. The molecule has 0 saturated carbocycles. The van der Waals surface area contributed by atoms with Crippen molar-refractivity contribution in [1.82, 2.24) is 29.7 Å². The maximum atomic E-state index is 14.7. The van der Waals surface area contributed by atoms with E-state index >= 15 is 0 Å². The van der Waals surface area contributed by atoms with Crippen LogP contribution in [0.15, 0.2) is 30.9 Å². The molecule has 1 aromatic carbocycles. The molecule has 0 spiro atoms. The molecule has 182 valence electrons. The number of halogens is 5. The minimum absolute atomic E-state index is 0.144. The van der Waals surface area contributed by atoms with E-state index in [1.807, 2.05) is 11.0 Å². The minimum atomic E-state index is -5.15. The first-order chi connectivity index (χ1) is 16.6. The normalized spacial score (nSPS) is 16.7. The Morgan fingerprint density at radius 2 is 1.94 bits per heavy atom. The van der Waals surface area contributed by atoms with Gasteiger partial charge in [0.15, 0.2) is 23.0 Å². The molecule has 8 nitrogen and oxygen atoms in total. The quantitative estimate of drug-likeness (QED) is 0.429. The second-order valence-corrected chi connectivity index (χ2v) is 8.24. The van der Waals surface area contributed by atoms with Gasteiger partial charge in [-0.3, -0.25) is 0 Å². The Hall–Kier alpha value is -3.90. The smallest absolute Gasteiger partial charge is 0.419 e. The zero-order chi connectivity index (χ0) is 24.9. The maximum absolute atomic E-state index is 14.7. The SMILES string of the molecule is Cn1nc(-c2cc(C(F)(F)F)c(F)c(O)c2F)c2cnc(N3CCCC(c4ccncn4)C3)nc21. The summed E-state index contributed by atoms with van der Waals surface area (Å²) in [7, 11) is 1.49. The van der Waals surface area contributed by atoms with Gasteiger partial charge >= 0.3 is 6.18 Å². The third-order valence-electron chi connectivity index (χ3n) is 6.03. The number of rotatable bonds is 3.